The van der Waals surface area contributed by atoms with Crippen LogP contribution >= 0.6 is 11.6 Å². The number of carbonyl (C=O) groups excluding carboxylic acids is 1. The van der Waals surface area contributed by atoms with Crippen molar-refractivity contribution in [1.29, 1.82) is 0 Å². The Morgan fingerprint density at radius 1 is 1.31 bits per heavy atom. The van der Waals surface area contributed by atoms with Crippen LogP contribution in [-0.4, -0.2) is 15.9 Å². The van der Waals surface area contributed by atoms with Gasteiger partial charge in [0.1, 0.15) is 5.69 Å². The third kappa shape index (κ3) is 2.01. The van der Waals surface area contributed by atoms with Gasteiger partial charge in [-0.15, -0.1) is 0 Å². The molecule has 2 rings (SSSR count). The topological polar surface area (TPSA) is 68.9 Å². The predicted octanol–water partition coefficient (Wildman–Crippen LogP) is 1.90. The molecule has 0 aromatic carbocycles. The molecule has 0 aliphatic heterocycles. The fourth-order valence-corrected chi connectivity index (χ4v) is 1.53. The molecule has 0 spiro atoms. The van der Waals surface area contributed by atoms with Crippen molar-refractivity contribution in [3.63, 3.8) is 0 Å². The number of nitrogens with two attached hydrogens (primary N) is 1. The van der Waals surface area contributed by atoms with Crippen LogP contribution in [0.1, 0.15) is 10.4 Å². The van der Waals surface area contributed by atoms with Crippen LogP contribution in [0, 0.1) is 0 Å². The summed E-state index contributed by atoms with van der Waals surface area (Å²) in [6.07, 6.45) is 3.04. The molecule has 2 aromatic rings. The molecule has 2 heterocycles. The lowest BCUT2D eigenvalue weighted by atomic mass is 10.2. The van der Waals surface area contributed by atoms with Crippen LogP contribution < -0.4 is 5.73 Å². The van der Waals surface area contributed by atoms with Gasteiger partial charge in [-0.1, -0.05) is 17.7 Å². The number of hydrogen-bond acceptors (Lipinski definition) is 3. The number of aromatic nitrogens is 2. The molecule has 0 unspecified atom stereocenters. The Morgan fingerprint density at radius 3 is 2.69 bits per heavy atom. The number of nitrogens with zero attached hydrogens (tertiary/aromatic N) is 2. The van der Waals surface area contributed by atoms with E-state index in [1.807, 2.05) is 6.07 Å². The molecule has 5 heteroatoms. The fraction of sp³-hybridized carbons (Fsp3) is 0. The average Bonchev–Trinajstić information content (AvgIpc) is 2.30. The molecular weight excluding hydrogens is 226 g/mol. The highest BCUT2D eigenvalue weighted by molar-refractivity contribution is 6.33. The Bertz CT molecular complexity index is 528. The van der Waals surface area contributed by atoms with Gasteiger partial charge in [-0.05, 0) is 18.2 Å². The van der Waals surface area contributed by atoms with E-state index < -0.39 is 5.91 Å². The Hall–Kier alpha value is -1.94. The number of carbonyl (C=O) groups is 1. The van der Waals surface area contributed by atoms with Crippen molar-refractivity contribution in [2.45, 2.75) is 0 Å². The third-order valence-corrected chi connectivity index (χ3v) is 2.32. The van der Waals surface area contributed by atoms with Gasteiger partial charge in [0.05, 0.1) is 16.3 Å². The number of halogens is 1. The summed E-state index contributed by atoms with van der Waals surface area (Å²) in [7, 11) is 0. The Balaban J connectivity index is 2.48. The van der Waals surface area contributed by atoms with E-state index in [1.54, 1.807) is 18.3 Å². The standard InChI is InChI=1S/C11H8ClN3O/c12-8-5-7(11(13)16)6-15-10(8)9-3-1-2-4-14-9/h1-6H,(H2,13,16). The zero-order chi connectivity index (χ0) is 11.5. The van der Waals surface area contributed by atoms with Crippen LogP contribution in [0.25, 0.3) is 11.4 Å². The lowest BCUT2D eigenvalue weighted by Crippen LogP contribution is -2.11. The molecule has 2 aromatic heterocycles. The number of hydrogen-bond donors (Lipinski definition) is 1. The summed E-state index contributed by atoms with van der Waals surface area (Å²) in [5.41, 5.74) is 6.59. The highest BCUT2D eigenvalue weighted by Gasteiger charge is 2.09. The first-order valence-electron chi connectivity index (χ1n) is 4.55. The highest BCUT2D eigenvalue weighted by Crippen LogP contribution is 2.24. The average molecular weight is 234 g/mol. The van der Waals surface area contributed by atoms with Gasteiger partial charge >= 0.3 is 0 Å². The Kier molecular flexibility index (Phi) is 2.83. The monoisotopic (exact) mass is 233 g/mol. The molecule has 80 valence electrons. The van der Waals surface area contributed by atoms with Gasteiger partial charge in [-0.2, -0.15) is 0 Å². The molecule has 1 amide bonds. The minimum absolute atomic E-state index is 0.282. The van der Waals surface area contributed by atoms with Gasteiger partial charge < -0.3 is 5.73 Å². The summed E-state index contributed by atoms with van der Waals surface area (Å²) in [5.74, 6) is -0.554. The quantitative estimate of drug-likeness (QED) is 0.861. The van der Waals surface area contributed by atoms with Gasteiger partial charge in [0.2, 0.25) is 5.91 Å². The molecule has 0 saturated carbocycles. The van der Waals surface area contributed by atoms with E-state index in [-0.39, 0.29) is 5.56 Å². The highest BCUT2D eigenvalue weighted by atomic mass is 35.5. The van der Waals surface area contributed by atoms with Crippen molar-refractivity contribution in [2.24, 2.45) is 5.73 Å². The number of rotatable bonds is 2. The summed E-state index contributed by atoms with van der Waals surface area (Å²) in [6.45, 7) is 0. The first-order valence-corrected chi connectivity index (χ1v) is 4.93. The van der Waals surface area contributed by atoms with Gasteiger partial charge in [-0.25, -0.2) is 0 Å². The van der Waals surface area contributed by atoms with Crippen molar-refractivity contribution >= 4 is 17.5 Å². The second-order valence-electron chi connectivity index (χ2n) is 3.13. The van der Waals surface area contributed by atoms with Crippen molar-refractivity contribution in [3.8, 4) is 11.4 Å². The minimum atomic E-state index is -0.554. The van der Waals surface area contributed by atoms with Gasteiger partial charge in [0.25, 0.3) is 0 Å². The number of primary amides is 1. The third-order valence-electron chi connectivity index (χ3n) is 2.03. The van der Waals surface area contributed by atoms with Gasteiger partial charge in [-0.3, -0.25) is 14.8 Å². The van der Waals surface area contributed by atoms with E-state index in [0.717, 1.165) is 0 Å². The molecule has 0 saturated heterocycles. The van der Waals surface area contributed by atoms with E-state index in [9.17, 15) is 4.79 Å². The van der Waals surface area contributed by atoms with Crippen molar-refractivity contribution in [1.82, 2.24) is 9.97 Å². The first-order chi connectivity index (χ1) is 7.68. The second-order valence-corrected chi connectivity index (χ2v) is 3.54. The van der Waals surface area contributed by atoms with E-state index in [2.05, 4.69) is 9.97 Å². The van der Waals surface area contributed by atoms with E-state index in [1.165, 1.54) is 12.3 Å². The Labute approximate surface area is 97.1 Å². The zero-order valence-electron chi connectivity index (χ0n) is 8.22. The molecule has 4 nitrogen and oxygen atoms in total. The van der Waals surface area contributed by atoms with Crippen LogP contribution in [0.5, 0.6) is 0 Å². The van der Waals surface area contributed by atoms with Crippen LogP contribution in [0.4, 0.5) is 0 Å². The maximum Gasteiger partial charge on any atom is 0.250 e. The maximum absolute atomic E-state index is 10.9. The first kappa shape index (κ1) is 10.6. The number of pyridine rings is 2. The molecule has 0 radical (unpaired) electrons. The van der Waals surface area contributed by atoms with Crippen molar-refractivity contribution < 1.29 is 4.79 Å². The normalized spacial score (nSPS) is 10.1. The Morgan fingerprint density at radius 2 is 2.12 bits per heavy atom. The van der Waals surface area contributed by atoms with Gasteiger partial charge in [0.15, 0.2) is 0 Å². The van der Waals surface area contributed by atoms with Crippen LogP contribution in [0.3, 0.4) is 0 Å². The van der Waals surface area contributed by atoms with Crippen LogP contribution in [0.2, 0.25) is 5.02 Å². The summed E-state index contributed by atoms with van der Waals surface area (Å²) < 4.78 is 0. The molecule has 2 N–H and O–H groups in total. The van der Waals surface area contributed by atoms with E-state index in [4.69, 9.17) is 17.3 Å². The second kappa shape index (κ2) is 4.28. The molecule has 0 aliphatic rings. The molecule has 0 atom stereocenters. The van der Waals surface area contributed by atoms with Crippen LogP contribution in [-0.2, 0) is 0 Å². The predicted molar refractivity (Wildman–Crippen MR) is 61.0 cm³/mol. The molecule has 0 bridgehead atoms. The van der Waals surface area contributed by atoms with Crippen molar-refractivity contribution in [2.75, 3.05) is 0 Å². The summed E-state index contributed by atoms with van der Waals surface area (Å²) in [5, 5.41) is 0.356. The molecule has 0 aliphatic carbocycles. The number of amides is 1. The largest absolute Gasteiger partial charge is 0.366 e. The smallest absolute Gasteiger partial charge is 0.250 e. The summed E-state index contributed by atoms with van der Waals surface area (Å²) in [4.78, 5) is 19.1. The zero-order valence-corrected chi connectivity index (χ0v) is 8.98. The maximum atomic E-state index is 10.9. The summed E-state index contributed by atoms with van der Waals surface area (Å²) >= 11 is 6.00. The summed E-state index contributed by atoms with van der Waals surface area (Å²) in [6, 6.07) is 6.91. The lowest BCUT2D eigenvalue weighted by Gasteiger charge is -2.03. The van der Waals surface area contributed by atoms with E-state index in [0.29, 0.717) is 16.4 Å². The van der Waals surface area contributed by atoms with Crippen molar-refractivity contribution in [3.05, 3.63) is 47.2 Å². The van der Waals surface area contributed by atoms with Crippen LogP contribution in [0.15, 0.2) is 36.7 Å². The lowest BCUT2D eigenvalue weighted by molar-refractivity contribution is 0.1000. The minimum Gasteiger partial charge on any atom is -0.366 e. The molecule has 16 heavy (non-hydrogen) atoms. The fourth-order valence-electron chi connectivity index (χ4n) is 1.26. The molecule has 0 fully saturated rings. The van der Waals surface area contributed by atoms with E-state index >= 15 is 0 Å². The molecular formula is C11H8ClN3O. The van der Waals surface area contributed by atoms with Gasteiger partial charge in [0, 0.05) is 12.4 Å². The SMILES string of the molecule is NC(=O)c1cnc(-c2ccccn2)c(Cl)c1.